The molecule has 1 aromatic rings. The second kappa shape index (κ2) is 1.72. The number of fused-ring (bicyclic) bond motifs is 1. The predicted octanol–water partition coefficient (Wildman–Crippen LogP) is -0.232. The van der Waals surface area contributed by atoms with Crippen molar-refractivity contribution in [2.45, 2.75) is 12.8 Å². The highest BCUT2D eigenvalue weighted by Gasteiger charge is 2.07. The van der Waals surface area contributed by atoms with E-state index in [4.69, 9.17) is 0 Å². The van der Waals surface area contributed by atoms with Crippen molar-refractivity contribution >= 4 is 0 Å². The molecule has 0 saturated heterocycles. The van der Waals surface area contributed by atoms with Crippen LogP contribution in [0.1, 0.15) is 12.2 Å². The molecule has 1 aliphatic rings. The van der Waals surface area contributed by atoms with Crippen LogP contribution in [-0.4, -0.2) is 21.4 Å². The number of nitrogens with zero attached hydrogens (tertiary/aromatic N) is 3. The topological polar surface area (TPSA) is 42.7 Å². The molecule has 2 heterocycles. The Kier molecular flexibility index (Phi) is 0.913. The molecule has 0 aliphatic carbocycles. The Balaban J connectivity index is 2.39. The Bertz CT molecular complexity index is 184. The maximum Gasteiger partial charge on any atom is 0.150 e. The first-order chi connectivity index (χ1) is 4.47. The van der Waals surface area contributed by atoms with Gasteiger partial charge >= 0.3 is 0 Å². The van der Waals surface area contributed by atoms with Crippen LogP contribution < -0.4 is 5.43 Å². The third kappa shape index (κ3) is 0.667. The molecular weight excluding hydrogens is 116 g/mol. The molecule has 4 nitrogen and oxygen atoms in total. The van der Waals surface area contributed by atoms with Crippen molar-refractivity contribution in [3.05, 3.63) is 12.2 Å². The lowest BCUT2D eigenvalue weighted by Crippen LogP contribution is -2.25. The molecule has 0 atom stereocenters. The standard InChI is InChI=1S/C5H8N4/c1-2-5-6-4-8-9(5)7-3-1/h4,7H,1-3H2. The molecule has 1 aromatic heterocycles. The Morgan fingerprint density at radius 1 is 1.67 bits per heavy atom. The first kappa shape index (κ1) is 4.78. The van der Waals surface area contributed by atoms with E-state index in [9.17, 15) is 0 Å². The van der Waals surface area contributed by atoms with Crippen molar-refractivity contribution in [3.8, 4) is 0 Å². The van der Waals surface area contributed by atoms with Gasteiger partial charge in [-0.05, 0) is 6.42 Å². The van der Waals surface area contributed by atoms with Crippen molar-refractivity contribution < 1.29 is 0 Å². The van der Waals surface area contributed by atoms with E-state index < -0.39 is 0 Å². The summed E-state index contributed by atoms with van der Waals surface area (Å²) in [7, 11) is 0. The van der Waals surface area contributed by atoms with E-state index in [2.05, 4.69) is 15.5 Å². The van der Waals surface area contributed by atoms with Crippen LogP contribution in [0.2, 0.25) is 0 Å². The summed E-state index contributed by atoms with van der Waals surface area (Å²) in [6.45, 7) is 1.01. The van der Waals surface area contributed by atoms with Crippen molar-refractivity contribution in [2.24, 2.45) is 0 Å². The Morgan fingerprint density at radius 3 is 3.56 bits per heavy atom. The number of hydrogen-bond acceptors (Lipinski definition) is 3. The summed E-state index contributed by atoms with van der Waals surface area (Å²) in [5.74, 6) is 1.04. The van der Waals surface area contributed by atoms with Crippen LogP contribution in [0, 0.1) is 0 Å². The maximum absolute atomic E-state index is 4.05. The van der Waals surface area contributed by atoms with E-state index in [0.29, 0.717) is 0 Å². The Hall–Kier alpha value is -1.06. The lowest BCUT2D eigenvalue weighted by Gasteiger charge is -2.12. The molecule has 0 unspecified atom stereocenters. The van der Waals surface area contributed by atoms with Gasteiger partial charge in [0.05, 0.1) is 0 Å². The third-order valence-electron chi connectivity index (χ3n) is 1.46. The summed E-state index contributed by atoms with van der Waals surface area (Å²) < 4.78 is 0. The van der Waals surface area contributed by atoms with Gasteiger partial charge in [0.2, 0.25) is 0 Å². The largest absolute Gasteiger partial charge is 0.308 e. The van der Waals surface area contributed by atoms with Gasteiger partial charge in [0.25, 0.3) is 0 Å². The number of hydrogen-bond donors (Lipinski definition) is 1. The smallest absolute Gasteiger partial charge is 0.150 e. The van der Waals surface area contributed by atoms with E-state index >= 15 is 0 Å². The highest BCUT2D eigenvalue weighted by Crippen LogP contribution is 2.00. The molecular formula is C5H8N4. The van der Waals surface area contributed by atoms with Crippen LogP contribution >= 0.6 is 0 Å². The van der Waals surface area contributed by atoms with Gasteiger partial charge in [-0.2, -0.15) is 4.79 Å². The van der Waals surface area contributed by atoms with E-state index in [1.54, 1.807) is 11.1 Å². The van der Waals surface area contributed by atoms with E-state index in [-0.39, 0.29) is 0 Å². The van der Waals surface area contributed by atoms with E-state index in [0.717, 1.165) is 18.8 Å². The summed E-state index contributed by atoms with van der Waals surface area (Å²) in [6, 6.07) is 0. The number of rotatable bonds is 0. The molecule has 1 N–H and O–H groups in total. The number of nitrogens with one attached hydrogen (secondary N) is 1. The average molecular weight is 124 g/mol. The fourth-order valence-electron chi connectivity index (χ4n) is 0.999. The van der Waals surface area contributed by atoms with Gasteiger partial charge in [-0.15, -0.1) is 5.10 Å². The minimum Gasteiger partial charge on any atom is -0.308 e. The van der Waals surface area contributed by atoms with E-state index in [1.165, 1.54) is 6.42 Å². The second-order valence-electron chi connectivity index (χ2n) is 2.10. The van der Waals surface area contributed by atoms with E-state index in [1.807, 2.05) is 0 Å². The van der Waals surface area contributed by atoms with Crippen LogP contribution in [0.3, 0.4) is 0 Å². The molecule has 1 aliphatic heterocycles. The monoisotopic (exact) mass is 124 g/mol. The number of aromatic nitrogens is 3. The van der Waals surface area contributed by atoms with Crippen molar-refractivity contribution in [1.82, 2.24) is 14.9 Å². The normalized spacial score (nSPS) is 16.4. The lowest BCUT2D eigenvalue weighted by molar-refractivity contribution is 0.599. The van der Waals surface area contributed by atoms with Crippen LogP contribution in [0.4, 0.5) is 0 Å². The summed E-state index contributed by atoms with van der Waals surface area (Å²) >= 11 is 0. The molecule has 0 amide bonds. The fourth-order valence-corrected chi connectivity index (χ4v) is 0.999. The number of aryl methyl sites for hydroxylation is 1. The summed E-state index contributed by atoms with van der Waals surface area (Å²) in [5.41, 5.74) is 3.09. The minimum absolute atomic E-state index is 1.01. The van der Waals surface area contributed by atoms with Gasteiger partial charge in [0, 0.05) is 13.0 Å². The first-order valence-corrected chi connectivity index (χ1v) is 3.09. The highest BCUT2D eigenvalue weighted by molar-refractivity contribution is 4.92. The minimum atomic E-state index is 1.01. The molecule has 0 saturated carbocycles. The summed E-state index contributed by atoms with van der Waals surface area (Å²) in [4.78, 5) is 5.79. The van der Waals surface area contributed by atoms with Crippen LogP contribution in [0.25, 0.3) is 0 Å². The Morgan fingerprint density at radius 2 is 2.67 bits per heavy atom. The fraction of sp³-hybridized carbons (Fsp3) is 0.600. The van der Waals surface area contributed by atoms with Gasteiger partial charge < -0.3 is 5.43 Å². The zero-order valence-corrected chi connectivity index (χ0v) is 5.04. The summed E-state index contributed by atoms with van der Waals surface area (Å²) in [5, 5.41) is 3.95. The zero-order chi connectivity index (χ0) is 6.10. The molecule has 9 heavy (non-hydrogen) atoms. The van der Waals surface area contributed by atoms with Crippen LogP contribution in [-0.2, 0) is 6.42 Å². The maximum atomic E-state index is 4.05. The molecule has 48 valence electrons. The quantitative estimate of drug-likeness (QED) is 0.519. The van der Waals surface area contributed by atoms with Gasteiger partial charge in [-0.3, -0.25) is 0 Å². The Labute approximate surface area is 52.9 Å². The zero-order valence-electron chi connectivity index (χ0n) is 5.04. The average Bonchev–Trinajstić information content (AvgIpc) is 2.33. The third-order valence-corrected chi connectivity index (χ3v) is 1.46. The van der Waals surface area contributed by atoms with Crippen molar-refractivity contribution in [1.29, 1.82) is 0 Å². The molecule has 0 bridgehead atoms. The SMILES string of the molecule is c1nc2n(n1)NCCC2. The highest BCUT2D eigenvalue weighted by atomic mass is 15.6. The lowest BCUT2D eigenvalue weighted by atomic mass is 10.3. The summed E-state index contributed by atoms with van der Waals surface area (Å²) in [6.07, 6.45) is 3.79. The predicted molar refractivity (Wildman–Crippen MR) is 32.6 cm³/mol. The van der Waals surface area contributed by atoms with Crippen LogP contribution in [0.5, 0.6) is 0 Å². The van der Waals surface area contributed by atoms with Crippen LogP contribution in [0.15, 0.2) is 6.33 Å². The molecule has 0 spiro atoms. The second-order valence-corrected chi connectivity index (χ2v) is 2.10. The molecule has 4 heteroatoms. The molecule has 0 fully saturated rings. The van der Waals surface area contributed by atoms with Gasteiger partial charge in [-0.1, -0.05) is 0 Å². The molecule has 0 radical (unpaired) electrons. The van der Waals surface area contributed by atoms with Gasteiger partial charge in [-0.25, -0.2) is 4.98 Å². The first-order valence-electron chi connectivity index (χ1n) is 3.09. The molecule has 0 aromatic carbocycles. The van der Waals surface area contributed by atoms with Gasteiger partial charge in [0.15, 0.2) is 0 Å². The van der Waals surface area contributed by atoms with Crippen molar-refractivity contribution in [2.75, 3.05) is 12.0 Å². The molecule has 2 rings (SSSR count). The van der Waals surface area contributed by atoms with Gasteiger partial charge in [0.1, 0.15) is 12.2 Å². The van der Waals surface area contributed by atoms with Crippen molar-refractivity contribution in [3.63, 3.8) is 0 Å².